The van der Waals surface area contributed by atoms with Crippen molar-refractivity contribution in [3.63, 3.8) is 0 Å². The zero-order valence-corrected chi connectivity index (χ0v) is 12.4. The topological polar surface area (TPSA) is 43.4 Å². The number of nitrogens with zero attached hydrogens (tertiary/aromatic N) is 2. The summed E-state index contributed by atoms with van der Waals surface area (Å²) >= 11 is 0. The first-order valence-electron chi connectivity index (χ1n) is 8.05. The Morgan fingerprint density at radius 2 is 1.15 bits per heavy atom. The molecule has 3 heterocycles. The third kappa shape index (κ3) is 6.97. The molecule has 0 N–H and O–H groups in total. The SMILES string of the molecule is C1CCN2CCCCCN(CC1)OOOOCCCC2. The molecule has 0 aromatic rings. The van der Waals surface area contributed by atoms with Crippen molar-refractivity contribution < 1.29 is 20.0 Å². The Hall–Kier alpha value is -0.240. The van der Waals surface area contributed by atoms with Crippen LogP contribution in [0.2, 0.25) is 0 Å². The smallest absolute Gasteiger partial charge is 0.0855 e. The second kappa shape index (κ2) is 10.5. The van der Waals surface area contributed by atoms with Crippen LogP contribution in [0.15, 0.2) is 0 Å². The van der Waals surface area contributed by atoms with Crippen molar-refractivity contribution in [1.29, 1.82) is 0 Å². The van der Waals surface area contributed by atoms with Gasteiger partial charge < -0.3 is 4.90 Å². The van der Waals surface area contributed by atoms with E-state index in [1.54, 1.807) is 0 Å². The minimum Gasteiger partial charge on any atom is -0.303 e. The van der Waals surface area contributed by atoms with Gasteiger partial charge in [0.1, 0.15) is 0 Å². The van der Waals surface area contributed by atoms with Crippen LogP contribution in [0, 0.1) is 0 Å². The summed E-state index contributed by atoms with van der Waals surface area (Å²) in [6.07, 6.45) is 9.35. The largest absolute Gasteiger partial charge is 0.303 e. The van der Waals surface area contributed by atoms with Gasteiger partial charge in [-0.05, 0) is 68.2 Å². The fourth-order valence-corrected chi connectivity index (χ4v) is 2.73. The Kier molecular flexibility index (Phi) is 8.46. The van der Waals surface area contributed by atoms with Gasteiger partial charge in [0, 0.05) is 13.1 Å². The molecule has 0 saturated carbocycles. The van der Waals surface area contributed by atoms with Gasteiger partial charge in [-0.25, -0.2) is 4.89 Å². The number of hydrogen-bond donors (Lipinski definition) is 0. The van der Waals surface area contributed by atoms with E-state index in [2.05, 4.69) is 15.0 Å². The van der Waals surface area contributed by atoms with Crippen molar-refractivity contribution in [2.75, 3.05) is 39.3 Å². The van der Waals surface area contributed by atoms with Gasteiger partial charge in [0.15, 0.2) is 0 Å². The van der Waals surface area contributed by atoms with E-state index in [1.807, 2.05) is 5.06 Å². The van der Waals surface area contributed by atoms with Gasteiger partial charge in [0.05, 0.1) is 6.61 Å². The van der Waals surface area contributed by atoms with E-state index in [9.17, 15) is 0 Å². The first kappa shape index (κ1) is 16.1. The molecular formula is C14H28N2O4. The van der Waals surface area contributed by atoms with Crippen LogP contribution in [-0.4, -0.2) is 49.3 Å². The van der Waals surface area contributed by atoms with Crippen LogP contribution in [0.4, 0.5) is 0 Å². The summed E-state index contributed by atoms with van der Waals surface area (Å²) in [5, 5.41) is 11.1. The molecule has 0 aromatic heterocycles. The second-order valence-corrected chi connectivity index (χ2v) is 5.63. The first-order valence-corrected chi connectivity index (χ1v) is 8.05. The lowest BCUT2D eigenvalue weighted by Gasteiger charge is -2.24. The molecule has 118 valence electrons. The van der Waals surface area contributed by atoms with Gasteiger partial charge in [0.25, 0.3) is 0 Å². The molecule has 0 amide bonds. The van der Waals surface area contributed by atoms with Crippen molar-refractivity contribution in [2.24, 2.45) is 0 Å². The summed E-state index contributed by atoms with van der Waals surface area (Å²) < 4.78 is 0. The van der Waals surface area contributed by atoms with Crippen LogP contribution in [0.25, 0.3) is 0 Å². The van der Waals surface area contributed by atoms with E-state index in [4.69, 9.17) is 9.88 Å². The highest BCUT2D eigenvalue weighted by Gasteiger charge is 2.11. The molecule has 0 unspecified atom stereocenters. The van der Waals surface area contributed by atoms with Gasteiger partial charge in [0.2, 0.25) is 0 Å². The fraction of sp³-hybridized carbons (Fsp3) is 1.00. The van der Waals surface area contributed by atoms with E-state index >= 15 is 0 Å². The molecule has 3 rings (SSSR count). The summed E-state index contributed by atoms with van der Waals surface area (Å²) in [5.74, 6) is 0. The Morgan fingerprint density at radius 1 is 0.550 bits per heavy atom. The maximum Gasteiger partial charge on any atom is 0.0855 e. The zero-order valence-electron chi connectivity index (χ0n) is 12.4. The molecule has 3 aliphatic rings. The summed E-state index contributed by atoms with van der Waals surface area (Å²) in [6.45, 7) is 5.89. The van der Waals surface area contributed by atoms with Crippen LogP contribution in [0.1, 0.15) is 51.4 Å². The highest BCUT2D eigenvalue weighted by molar-refractivity contribution is 4.61. The van der Waals surface area contributed by atoms with Crippen molar-refractivity contribution in [3.05, 3.63) is 0 Å². The zero-order chi connectivity index (χ0) is 13.9. The summed E-state index contributed by atoms with van der Waals surface area (Å²) in [7, 11) is 0. The molecule has 0 aromatic carbocycles. The van der Waals surface area contributed by atoms with E-state index in [0.717, 1.165) is 45.3 Å². The standard InChI is InChI=1S/C14H28N2O4/c1-3-9-15-10-4-2-6-13-16(12-5-1)18-20-19-17-14-8-7-11-15/h1-14H2. The Bertz CT molecular complexity index is 202. The molecule has 0 aliphatic carbocycles. The maximum absolute atomic E-state index is 5.15. The molecule has 6 heteroatoms. The molecule has 0 atom stereocenters. The van der Waals surface area contributed by atoms with Gasteiger partial charge in [-0.2, -0.15) is 5.06 Å². The molecule has 3 saturated heterocycles. The Balaban J connectivity index is 1.88. The van der Waals surface area contributed by atoms with Crippen LogP contribution >= 0.6 is 0 Å². The lowest BCUT2D eigenvalue weighted by atomic mass is 10.1. The predicted octanol–water partition coefficient (Wildman–Crippen LogP) is 2.46. The average molecular weight is 288 g/mol. The van der Waals surface area contributed by atoms with E-state index < -0.39 is 0 Å². The predicted molar refractivity (Wildman–Crippen MR) is 74.2 cm³/mol. The Labute approximate surface area is 121 Å². The minimum atomic E-state index is 0.539. The highest BCUT2D eigenvalue weighted by atomic mass is 17.7. The summed E-state index contributed by atoms with van der Waals surface area (Å²) in [6, 6.07) is 0. The van der Waals surface area contributed by atoms with Crippen molar-refractivity contribution >= 4 is 0 Å². The van der Waals surface area contributed by atoms with E-state index in [0.29, 0.717) is 6.61 Å². The van der Waals surface area contributed by atoms with Gasteiger partial charge in [-0.1, -0.05) is 12.8 Å². The summed E-state index contributed by atoms with van der Waals surface area (Å²) in [5.41, 5.74) is 0. The number of fused-ring (bicyclic) bond motifs is 15. The van der Waals surface area contributed by atoms with Crippen LogP contribution in [0.5, 0.6) is 0 Å². The second-order valence-electron chi connectivity index (χ2n) is 5.63. The highest BCUT2D eigenvalue weighted by Crippen LogP contribution is 2.10. The average Bonchev–Trinajstić information content (AvgIpc) is 2.46. The van der Waals surface area contributed by atoms with Gasteiger partial charge in [-0.3, -0.25) is 0 Å². The minimum absolute atomic E-state index is 0.539. The quantitative estimate of drug-likeness (QED) is 0.638. The third-order valence-corrected chi connectivity index (χ3v) is 3.93. The number of rotatable bonds is 0. The fourth-order valence-electron chi connectivity index (χ4n) is 2.73. The third-order valence-electron chi connectivity index (χ3n) is 3.93. The molecule has 3 fully saturated rings. The number of hydrogen-bond acceptors (Lipinski definition) is 6. The van der Waals surface area contributed by atoms with Crippen LogP contribution < -0.4 is 0 Å². The van der Waals surface area contributed by atoms with Crippen molar-refractivity contribution in [3.8, 4) is 0 Å². The molecule has 20 heavy (non-hydrogen) atoms. The Morgan fingerprint density at radius 3 is 1.85 bits per heavy atom. The lowest BCUT2D eigenvalue weighted by molar-refractivity contribution is -0.674. The molecule has 6 nitrogen and oxygen atoms in total. The molecule has 3 aliphatic heterocycles. The van der Waals surface area contributed by atoms with Crippen LogP contribution in [0.3, 0.4) is 0 Å². The normalized spacial score (nSPS) is 32.4. The van der Waals surface area contributed by atoms with Crippen molar-refractivity contribution in [2.45, 2.75) is 51.4 Å². The molecular weight excluding hydrogens is 260 g/mol. The lowest BCUT2D eigenvalue weighted by Crippen LogP contribution is -2.29. The van der Waals surface area contributed by atoms with Crippen molar-refractivity contribution in [1.82, 2.24) is 9.96 Å². The van der Waals surface area contributed by atoms with E-state index in [1.165, 1.54) is 38.8 Å². The monoisotopic (exact) mass is 288 g/mol. The van der Waals surface area contributed by atoms with Crippen LogP contribution in [-0.2, 0) is 20.0 Å². The van der Waals surface area contributed by atoms with Gasteiger partial charge >= 0.3 is 0 Å². The van der Waals surface area contributed by atoms with Gasteiger partial charge in [-0.15, -0.1) is 4.99 Å². The maximum atomic E-state index is 5.15. The van der Waals surface area contributed by atoms with E-state index in [-0.39, 0.29) is 0 Å². The number of hydroxylamine groups is 2. The summed E-state index contributed by atoms with van der Waals surface area (Å²) in [4.78, 5) is 12.7. The molecule has 0 radical (unpaired) electrons. The molecule has 2 bridgehead atoms. The first-order chi connectivity index (χ1) is 9.95. The molecule has 0 spiro atoms.